The number of ether oxygens (including phenoxy) is 1. The normalized spacial score (nSPS) is 23.9. The Kier molecular flexibility index (Phi) is 1.72. The van der Waals surface area contributed by atoms with Crippen molar-refractivity contribution in [3.8, 4) is 0 Å². The predicted molar refractivity (Wildman–Crippen MR) is 58.8 cm³/mol. The van der Waals surface area contributed by atoms with Gasteiger partial charge in [0.2, 0.25) is 0 Å². The van der Waals surface area contributed by atoms with Gasteiger partial charge in [0.25, 0.3) is 0 Å². The van der Waals surface area contributed by atoms with Crippen LogP contribution in [-0.4, -0.2) is 5.97 Å². The van der Waals surface area contributed by atoms with Crippen molar-refractivity contribution in [2.24, 2.45) is 0 Å². The van der Waals surface area contributed by atoms with Gasteiger partial charge in [-0.25, -0.2) is 4.79 Å². The van der Waals surface area contributed by atoms with Crippen LogP contribution in [0.15, 0.2) is 46.9 Å². The van der Waals surface area contributed by atoms with Gasteiger partial charge in [0.15, 0.2) is 11.4 Å². The standard InChI is InChI=1S/C13H10O3/c1-13(7-6-12(14)16-13)11-8-9-4-2-3-5-10(9)15-11/h2-8H,1H3/t13-/m1/s1. The minimum Gasteiger partial charge on any atom is -0.456 e. The van der Waals surface area contributed by atoms with Crippen LogP contribution in [0.1, 0.15) is 12.7 Å². The third kappa shape index (κ3) is 1.25. The van der Waals surface area contributed by atoms with Crippen LogP contribution in [0.25, 0.3) is 11.0 Å². The number of furan rings is 1. The maximum atomic E-state index is 11.1. The zero-order valence-electron chi connectivity index (χ0n) is 8.77. The van der Waals surface area contributed by atoms with E-state index in [-0.39, 0.29) is 5.97 Å². The summed E-state index contributed by atoms with van der Waals surface area (Å²) in [7, 11) is 0. The topological polar surface area (TPSA) is 39.4 Å². The number of carbonyl (C=O) groups is 1. The van der Waals surface area contributed by atoms with Gasteiger partial charge in [0.1, 0.15) is 5.58 Å². The van der Waals surface area contributed by atoms with Crippen molar-refractivity contribution in [2.45, 2.75) is 12.5 Å². The molecule has 2 aromatic rings. The van der Waals surface area contributed by atoms with Crippen LogP contribution in [0, 0.1) is 0 Å². The first-order valence-electron chi connectivity index (χ1n) is 5.09. The molecule has 0 fully saturated rings. The largest absolute Gasteiger partial charge is 0.456 e. The van der Waals surface area contributed by atoms with Crippen molar-refractivity contribution in [2.75, 3.05) is 0 Å². The molecule has 3 rings (SSSR count). The lowest BCUT2D eigenvalue weighted by Gasteiger charge is -2.17. The Morgan fingerprint density at radius 2 is 2.06 bits per heavy atom. The zero-order chi connectivity index (χ0) is 11.2. The highest BCUT2D eigenvalue weighted by Crippen LogP contribution is 2.34. The number of esters is 1. The van der Waals surface area contributed by atoms with E-state index in [1.807, 2.05) is 37.3 Å². The molecule has 1 aliphatic rings. The molecule has 0 spiro atoms. The number of hydrogen-bond acceptors (Lipinski definition) is 3. The van der Waals surface area contributed by atoms with Crippen molar-refractivity contribution < 1.29 is 13.9 Å². The maximum Gasteiger partial charge on any atom is 0.331 e. The zero-order valence-corrected chi connectivity index (χ0v) is 8.77. The maximum absolute atomic E-state index is 11.1. The van der Waals surface area contributed by atoms with E-state index in [9.17, 15) is 4.79 Å². The predicted octanol–water partition coefficient (Wildman–Crippen LogP) is 2.76. The smallest absolute Gasteiger partial charge is 0.331 e. The van der Waals surface area contributed by atoms with Crippen molar-refractivity contribution in [3.63, 3.8) is 0 Å². The second-order valence-electron chi connectivity index (χ2n) is 4.01. The lowest BCUT2D eigenvalue weighted by molar-refractivity contribution is -0.146. The van der Waals surface area contributed by atoms with Crippen LogP contribution in [0.4, 0.5) is 0 Å². The van der Waals surface area contributed by atoms with Gasteiger partial charge in [-0.3, -0.25) is 0 Å². The number of fused-ring (bicyclic) bond motifs is 1. The number of benzene rings is 1. The summed E-state index contributed by atoms with van der Waals surface area (Å²) in [4.78, 5) is 11.1. The highest BCUT2D eigenvalue weighted by molar-refractivity contribution is 5.86. The molecule has 1 aromatic carbocycles. The molecule has 3 heteroatoms. The monoisotopic (exact) mass is 214 g/mol. The van der Waals surface area contributed by atoms with E-state index in [2.05, 4.69) is 0 Å². The molecule has 1 atom stereocenters. The van der Waals surface area contributed by atoms with E-state index in [1.165, 1.54) is 6.08 Å². The summed E-state index contributed by atoms with van der Waals surface area (Å²) in [6.07, 6.45) is 3.14. The van der Waals surface area contributed by atoms with Gasteiger partial charge >= 0.3 is 5.97 Å². The lowest BCUT2D eigenvalue weighted by atomic mass is 10.0. The second kappa shape index (κ2) is 2.98. The summed E-state index contributed by atoms with van der Waals surface area (Å²) in [5.74, 6) is 0.318. The number of para-hydroxylation sites is 1. The van der Waals surface area contributed by atoms with Crippen LogP contribution in [0.5, 0.6) is 0 Å². The molecule has 0 saturated carbocycles. The number of carbonyl (C=O) groups excluding carboxylic acids is 1. The van der Waals surface area contributed by atoms with E-state index in [4.69, 9.17) is 9.15 Å². The summed E-state index contributed by atoms with van der Waals surface area (Å²) in [6, 6.07) is 9.61. The lowest BCUT2D eigenvalue weighted by Crippen LogP contribution is -2.19. The van der Waals surface area contributed by atoms with E-state index in [1.54, 1.807) is 6.08 Å². The minimum absolute atomic E-state index is 0.331. The van der Waals surface area contributed by atoms with Gasteiger partial charge in [0, 0.05) is 11.5 Å². The quantitative estimate of drug-likeness (QED) is 0.685. The Morgan fingerprint density at radius 3 is 2.75 bits per heavy atom. The van der Waals surface area contributed by atoms with Gasteiger partial charge in [-0.05, 0) is 25.1 Å². The number of hydrogen-bond donors (Lipinski definition) is 0. The molecule has 16 heavy (non-hydrogen) atoms. The van der Waals surface area contributed by atoms with Crippen LogP contribution >= 0.6 is 0 Å². The molecule has 0 bridgehead atoms. The van der Waals surface area contributed by atoms with Gasteiger partial charge in [-0.2, -0.15) is 0 Å². The molecule has 0 radical (unpaired) electrons. The van der Waals surface area contributed by atoms with Crippen molar-refractivity contribution in [3.05, 3.63) is 48.2 Å². The van der Waals surface area contributed by atoms with Crippen LogP contribution < -0.4 is 0 Å². The first kappa shape index (κ1) is 9.21. The Balaban J connectivity index is 2.13. The van der Waals surface area contributed by atoms with Gasteiger partial charge in [-0.1, -0.05) is 18.2 Å². The summed E-state index contributed by atoms with van der Waals surface area (Å²) in [5.41, 5.74) is 0.0332. The van der Waals surface area contributed by atoms with Crippen molar-refractivity contribution in [1.82, 2.24) is 0 Å². The molecule has 2 heterocycles. The minimum atomic E-state index is -0.768. The summed E-state index contributed by atoms with van der Waals surface area (Å²) in [6.45, 7) is 1.81. The summed E-state index contributed by atoms with van der Waals surface area (Å²) < 4.78 is 10.9. The molecule has 0 unspecified atom stereocenters. The molecule has 1 aliphatic heterocycles. The first-order valence-corrected chi connectivity index (χ1v) is 5.09. The fraction of sp³-hybridized carbons (Fsp3) is 0.154. The van der Waals surface area contributed by atoms with Gasteiger partial charge in [0.05, 0.1) is 0 Å². The molecule has 0 saturated heterocycles. The SMILES string of the molecule is C[C@]1(c2cc3ccccc3o2)C=CC(=O)O1. The fourth-order valence-corrected chi connectivity index (χ4v) is 1.86. The summed E-state index contributed by atoms with van der Waals surface area (Å²) in [5, 5.41) is 1.01. The molecule has 0 N–H and O–H groups in total. The van der Waals surface area contributed by atoms with Gasteiger partial charge < -0.3 is 9.15 Å². The van der Waals surface area contributed by atoms with Crippen LogP contribution in [0.3, 0.4) is 0 Å². The highest BCUT2D eigenvalue weighted by Gasteiger charge is 2.35. The third-order valence-corrected chi connectivity index (χ3v) is 2.76. The fourth-order valence-electron chi connectivity index (χ4n) is 1.86. The Hall–Kier alpha value is -2.03. The van der Waals surface area contributed by atoms with Crippen molar-refractivity contribution >= 4 is 16.9 Å². The van der Waals surface area contributed by atoms with Crippen LogP contribution in [-0.2, 0) is 15.1 Å². The number of cyclic esters (lactones) is 1. The molecule has 3 nitrogen and oxygen atoms in total. The average molecular weight is 214 g/mol. The van der Waals surface area contributed by atoms with E-state index in [0.29, 0.717) is 5.76 Å². The Morgan fingerprint density at radius 1 is 1.25 bits per heavy atom. The second-order valence-corrected chi connectivity index (χ2v) is 4.01. The van der Waals surface area contributed by atoms with Crippen LogP contribution in [0.2, 0.25) is 0 Å². The molecule has 1 aromatic heterocycles. The van der Waals surface area contributed by atoms with E-state index >= 15 is 0 Å². The molecule has 0 amide bonds. The molecular formula is C13H10O3. The van der Waals surface area contributed by atoms with E-state index in [0.717, 1.165) is 11.0 Å². The molecule has 0 aliphatic carbocycles. The van der Waals surface area contributed by atoms with E-state index < -0.39 is 5.60 Å². The number of rotatable bonds is 1. The summed E-state index contributed by atoms with van der Waals surface area (Å²) >= 11 is 0. The first-order chi connectivity index (χ1) is 7.67. The average Bonchev–Trinajstić information content (AvgIpc) is 2.83. The van der Waals surface area contributed by atoms with Crippen molar-refractivity contribution in [1.29, 1.82) is 0 Å². The Bertz CT molecular complexity index is 561. The molecular weight excluding hydrogens is 204 g/mol. The highest BCUT2D eigenvalue weighted by atomic mass is 16.6. The molecule has 80 valence electrons. The van der Waals surface area contributed by atoms with Gasteiger partial charge in [-0.15, -0.1) is 0 Å². The third-order valence-electron chi connectivity index (χ3n) is 2.76. The Labute approximate surface area is 92.3 Å².